The van der Waals surface area contributed by atoms with Crippen LogP contribution in [-0.2, 0) is 11.3 Å². The van der Waals surface area contributed by atoms with Crippen molar-refractivity contribution in [3.8, 4) is 11.5 Å². The summed E-state index contributed by atoms with van der Waals surface area (Å²) in [6.07, 6.45) is 0. The first-order valence-corrected chi connectivity index (χ1v) is 10.1. The number of hydrogen-bond donors (Lipinski definition) is 0. The van der Waals surface area contributed by atoms with E-state index in [1.807, 2.05) is 60.7 Å². The smallest absolute Gasteiger partial charge is 0.342 e. The monoisotopic (exact) mass is 422 g/mol. The van der Waals surface area contributed by atoms with Crippen molar-refractivity contribution in [3.05, 3.63) is 119 Å². The van der Waals surface area contributed by atoms with Gasteiger partial charge >= 0.3 is 11.6 Å². The fraction of sp³-hybridized carbons (Fsp3) is 0.0370. The van der Waals surface area contributed by atoms with Crippen molar-refractivity contribution in [1.29, 1.82) is 0 Å². The van der Waals surface area contributed by atoms with E-state index in [4.69, 9.17) is 13.9 Å². The molecule has 0 amide bonds. The van der Waals surface area contributed by atoms with Crippen LogP contribution in [0.1, 0.15) is 15.9 Å². The van der Waals surface area contributed by atoms with Crippen molar-refractivity contribution in [3.63, 3.8) is 0 Å². The van der Waals surface area contributed by atoms with E-state index in [9.17, 15) is 9.59 Å². The molecular formula is C27H18O5. The highest BCUT2D eigenvalue weighted by molar-refractivity contribution is 6.07. The molecule has 0 radical (unpaired) electrons. The van der Waals surface area contributed by atoms with E-state index >= 15 is 0 Å². The zero-order valence-electron chi connectivity index (χ0n) is 17.0. The van der Waals surface area contributed by atoms with Crippen LogP contribution in [0, 0.1) is 0 Å². The Bertz CT molecular complexity index is 1490. The van der Waals surface area contributed by atoms with Gasteiger partial charge < -0.3 is 13.9 Å². The van der Waals surface area contributed by atoms with Gasteiger partial charge in [-0.25, -0.2) is 9.59 Å². The molecule has 32 heavy (non-hydrogen) atoms. The Morgan fingerprint density at radius 3 is 2.44 bits per heavy atom. The highest BCUT2D eigenvalue weighted by atomic mass is 16.5. The molecule has 0 aliphatic rings. The van der Waals surface area contributed by atoms with Gasteiger partial charge in [0.25, 0.3) is 0 Å². The summed E-state index contributed by atoms with van der Waals surface area (Å²) >= 11 is 0. The molecule has 0 spiro atoms. The Labute approximate surface area is 183 Å². The van der Waals surface area contributed by atoms with Crippen LogP contribution in [0.3, 0.4) is 0 Å². The van der Waals surface area contributed by atoms with E-state index in [1.54, 1.807) is 30.3 Å². The maximum atomic E-state index is 12.9. The van der Waals surface area contributed by atoms with Gasteiger partial charge in [0, 0.05) is 17.0 Å². The fourth-order valence-corrected chi connectivity index (χ4v) is 3.69. The van der Waals surface area contributed by atoms with Crippen molar-refractivity contribution < 1.29 is 18.7 Å². The van der Waals surface area contributed by atoms with Gasteiger partial charge in [0.15, 0.2) is 0 Å². The molecule has 0 saturated heterocycles. The molecular weight excluding hydrogens is 404 g/mol. The van der Waals surface area contributed by atoms with Gasteiger partial charge in [-0.05, 0) is 41.1 Å². The number of fused-ring (bicyclic) bond motifs is 3. The van der Waals surface area contributed by atoms with Gasteiger partial charge in [-0.15, -0.1) is 0 Å². The third-order valence-electron chi connectivity index (χ3n) is 5.15. The lowest BCUT2D eigenvalue weighted by Gasteiger charge is -2.12. The second-order valence-electron chi connectivity index (χ2n) is 7.24. The summed E-state index contributed by atoms with van der Waals surface area (Å²) in [7, 11) is 0. The minimum Gasteiger partial charge on any atom is -0.457 e. The van der Waals surface area contributed by atoms with Gasteiger partial charge in [-0.1, -0.05) is 60.7 Å². The first kappa shape index (κ1) is 19.6. The Morgan fingerprint density at radius 2 is 1.56 bits per heavy atom. The molecule has 0 aliphatic heterocycles. The molecule has 5 rings (SSSR count). The Morgan fingerprint density at radius 1 is 0.812 bits per heavy atom. The molecule has 0 bridgehead atoms. The van der Waals surface area contributed by atoms with E-state index in [2.05, 4.69) is 0 Å². The number of rotatable bonds is 5. The highest BCUT2D eigenvalue weighted by Crippen LogP contribution is 2.29. The van der Waals surface area contributed by atoms with Gasteiger partial charge in [-0.3, -0.25) is 0 Å². The summed E-state index contributed by atoms with van der Waals surface area (Å²) in [6, 6.07) is 28.9. The number of para-hydroxylation sites is 2. The third kappa shape index (κ3) is 3.84. The summed E-state index contributed by atoms with van der Waals surface area (Å²) in [5.74, 6) is 0.468. The summed E-state index contributed by atoms with van der Waals surface area (Å²) in [4.78, 5) is 25.0. The SMILES string of the molecule is O=C(OCc1cc(=O)oc2ccc3ccccc3c12)c1ccccc1Oc1ccccc1. The quantitative estimate of drug-likeness (QED) is 0.195. The van der Waals surface area contributed by atoms with Crippen molar-refractivity contribution in [2.24, 2.45) is 0 Å². The van der Waals surface area contributed by atoms with Gasteiger partial charge in [0.1, 0.15) is 29.3 Å². The number of carbonyl (C=O) groups is 1. The molecule has 0 fully saturated rings. The summed E-state index contributed by atoms with van der Waals surface area (Å²) in [6.45, 7) is -0.0748. The van der Waals surface area contributed by atoms with Crippen LogP contribution in [0.15, 0.2) is 106 Å². The summed E-state index contributed by atoms with van der Waals surface area (Å²) < 4.78 is 16.8. The van der Waals surface area contributed by atoms with Crippen LogP contribution in [0.4, 0.5) is 0 Å². The molecule has 5 aromatic rings. The van der Waals surface area contributed by atoms with Gasteiger partial charge in [0.05, 0.1) is 0 Å². The van der Waals surface area contributed by atoms with E-state index in [-0.39, 0.29) is 6.61 Å². The molecule has 5 nitrogen and oxygen atoms in total. The van der Waals surface area contributed by atoms with E-state index in [1.165, 1.54) is 6.07 Å². The normalized spacial score (nSPS) is 10.9. The lowest BCUT2D eigenvalue weighted by molar-refractivity contribution is 0.0471. The first-order chi connectivity index (χ1) is 15.7. The van der Waals surface area contributed by atoms with E-state index in [0.717, 1.165) is 16.2 Å². The van der Waals surface area contributed by atoms with Crippen LogP contribution >= 0.6 is 0 Å². The van der Waals surface area contributed by atoms with Gasteiger partial charge in [-0.2, -0.15) is 0 Å². The van der Waals surface area contributed by atoms with Crippen LogP contribution in [0.5, 0.6) is 11.5 Å². The highest BCUT2D eigenvalue weighted by Gasteiger charge is 2.16. The molecule has 1 heterocycles. The maximum Gasteiger partial charge on any atom is 0.342 e. The average Bonchev–Trinajstić information content (AvgIpc) is 2.83. The minimum absolute atomic E-state index is 0.0748. The zero-order valence-corrected chi connectivity index (χ0v) is 17.0. The molecule has 0 saturated carbocycles. The number of carbonyl (C=O) groups excluding carboxylic acids is 1. The lowest BCUT2D eigenvalue weighted by Crippen LogP contribution is -2.09. The molecule has 5 heteroatoms. The Kier molecular flexibility index (Phi) is 5.14. The Hall–Kier alpha value is -4.38. The number of esters is 1. The molecule has 4 aromatic carbocycles. The second-order valence-corrected chi connectivity index (χ2v) is 7.24. The molecule has 0 aliphatic carbocycles. The van der Waals surface area contributed by atoms with Crippen molar-refractivity contribution in [1.82, 2.24) is 0 Å². The maximum absolute atomic E-state index is 12.9. The van der Waals surface area contributed by atoms with Crippen LogP contribution < -0.4 is 10.4 Å². The van der Waals surface area contributed by atoms with Crippen molar-refractivity contribution in [2.45, 2.75) is 6.61 Å². The number of benzene rings is 4. The van der Waals surface area contributed by atoms with Crippen LogP contribution in [0.2, 0.25) is 0 Å². The third-order valence-corrected chi connectivity index (χ3v) is 5.15. The van der Waals surface area contributed by atoms with Crippen molar-refractivity contribution in [2.75, 3.05) is 0 Å². The zero-order chi connectivity index (χ0) is 21.9. The minimum atomic E-state index is -0.543. The summed E-state index contributed by atoms with van der Waals surface area (Å²) in [5, 5.41) is 2.68. The fourth-order valence-electron chi connectivity index (χ4n) is 3.69. The number of hydrogen-bond acceptors (Lipinski definition) is 5. The van der Waals surface area contributed by atoms with Gasteiger partial charge in [0.2, 0.25) is 0 Å². The molecule has 0 N–H and O–H groups in total. The first-order valence-electron chi connectivity index (χ1n) is 10.1. The lowest BCUT2D eigenvalue weighted by atomic mass is 10.0. The standard InChI is InChI=1S/C27H18O5/c28-25-16-19(26-21-11-5-4-8-18(21)14-15-24(26)32-25)17-30-27(29)22-12-6-7-13-23(22)31-20-9-2-1-3-10-20/h1-16H,17H2. The molecule has 1 aromatic heterocycles. The predicted octanol–water partition coefficient (Wildman–Crippen LogP) is 6.10. The predicted molar refractivity (Wildman–Crippen MR) is 122 cm³/mol. The molecule has 156 valence electrons. The van der Waals surface area contributed by atoms with Crippen molar-refractivity contribution >= 4 is 27.7 Å². The topological polar surface area (TPSA) is 65.7 Å². The van der Waals surface area contributed by atoms with E-state index in [0.29, 0.717) is 28.2 Å². The Balaban J connectivity index is 1.46. The second kappa shape index (κ2) is 8.40. The average molecular weight is 422 g/mol. The summed E-state index contributed by atoms with van der Waals surface area (Å²) in [5.41, 5.74) is 0.845. The largest absolute Gasteiger partial charge is 0.457 e. The van der Waals surface area contributed by atoms with Crippen LogP contribution in [-0.4, -0.2) is 5.97 Å². The number of ether oxygens (including phenoxy) is 2. The van der Waals surface area contributed by atoms with Crippen LogP contribution in [0.25, 0.3) is 21.7 Å². The van der Waals surface area contributed by atoms with E-state index < -0.39 is 11.6 Å². The molecule has 0 unspecified atom stereocenters. The molecule has 0 atom stereocenters.